The van der Waals surface area contributed by atoms with Gasteiger partial charge >= 0.3 is 5.63 Å². The van der Waals surface area contributed by atoms with Gasteiger partial charge in [0.2, 0.25) is 0 Å². The van der Waals surface area contributed by atoms with Crippen LogP contribution < -0.4 is 20.8 Å². The Morgan fingerprint density at radius 1 is 1.23 bits per heavy atom. The number of carbonyl (C=O) groups is 2. The highest BCUT2D eigenvalue weighted by atomic mass is 16.5. The van der Waals surface area contributed by atoms with Gasteiger partial charge in [0.15, 0.2) is 6.10 Å². The van der Waals surface area contributed by atoms with E-state index in [-0.39, 0.29) is 5.63 Å². The van der Waals surface area contributed by atoms with Crippen LogP contribution >= 0.6 is 0 Å². The predicted molar refractivity (Wildman–Crippen MR) is 91.9 cm³/mol. The van der Waals surface area contributed by atoms with Crippen molar-refractivity contribution in [2.45, 2.75) is 52.2 Å². The molecule has 1 N–H and O–H groups in total. The van der Waals surface area contributed by atoms with E-state index in [4.69, 9.17) is 9.15 Å². The second-order valence-corrected chi connectivity index (χ2v) is 6.57. The molecule has 138 valence electrons. The third-order valence-corrected chi connectivity index (χ3v) is 4.73. The van der Waals surface area contributed by atoms with Crippen LogP contribution in [0.15, 0.2) is 21.3 Å². The van der Waals surface area contributed by atoms with Crippen molar-refractivity contribution in [3.8, 4) is 5.75 Å². The molecule has 7 heteroatoms. The van der Waals surface area contributed by atoms with Gasteiger partial charge in [-0.05, 0) is 57.7 Å². The summed E-state index contributed by atoms with van der Waals surface area (Å²) in [4.78, 5) is 34.9. The Kier molecular flexibility index (Phi) is 4.71. The van der Waals surface area contributed by atoms with Gasteiger partial charge in [-0.3, -0.25) is 4.79 Å². The summed E-state index contributed by atoms with van der Waals surface area (Å²) >= 11 is 0. The van der Waals surface area contributed by atoms with Crippen molar-refractivity contribution in [3.63, 3.8) is 0 Å². The van der Waals surface area contributed by atoms with Gasteiger partial charge in [-0.2, -0.15) is 0 Å². The van der Waals surface area contributed by atoms with Crippen molar-refractivity contribution in [1.82, 2.24) is 5.32 Å². The predicted octanol–water partition coefficient (Wildman–Crippen LogP) is 0.612. The molecular formula is C19H20NO6-. The zero-order valence-electron chi connectivity index (χ0n) is 14.9. The Hall–Kier alpha value is -2.83. The summed E-state index contributed by atoms with van der Waals surface area (Å²) in [6.45, 7) is 4.59. The topological polar surface area (TPSA) is 109 Å². The first kappa shape index (κ1) is 18.0. The normalized spacial score (nSPS) is 15.3. The van der Waals surface area contributed by atoms with E-state index in [0.29, 0.717) is 16.9 Å². The van der Waals surface area contributed by atoms with Crippen LogP contribution in [-0.4, -0.2) is 24.0 Å². The zero-order chi connectivity index (χ0) is 19.0. The average Bonchev–Trinajstić information content (AvgIpc) is 3.08. The molecule has 3 rings (SSSR count). The van der Waals surface area contributed by atoms with Gasteiger partial charge in [-0.1, -0.05) is 0 Å². The molecule has 0 radical (unpaired) electrons. The first-order valence-electron chi connectivity index (χ1n) is 8.55. The number of aryl methyl sites for hydroxylation is 2. The molecule has 26 heavy (non-hydrogen) atoms. The third kappa shape index (κ3) is 3.16. The molecule has 0 fully saturated rings. The zero-order valence-corrected chi connectivity index (χ0v) is 14.9. The Morgan fingerprint density at radius 2 is 1.92 bits per heavy atom. The van der Waals surface area contributed by atoms with E-state index >= 15 is 0 Å². The van der Waals surface area contributed by atoms with E-state index in [1.54, 1.807) is 13.0 Å². The van der Waals surface area contributed by atoms with Crippen LogP contribution in [0.3, 0.4) is 0 Å². The van der Waals surface area contributed by atoms with E-state index in [1.807, 2.05) is 6.07 Å². The van der Waals surface area contributed by atoms with Gasteiger partial charge in [0.05, 0.1) is 12.0 Å². The first-order valence-corrected chi connectivity index (χ1v) is 8.55. The monoisotopic (exact) mass is 358 g/mol. The molecule has 0 aliphatic heterocycles. The Morgan fingerprint density at radius 3 is 2.62 bits per heavy atom. The fraction of sp³-hybridized carbons (Fsp3) is 0.421. The summed E-state index contributed by atoms with van der Waals surface area (Å²) in [6.07, 6.45) is 1.59. The number of benzene rings is 1. The second-order valence-electron chi connectivity index (χ2n) is 6.57. The first-order chi connectivity index (χ1) is 12.3. The highest BCUT2D eigenvalue weighted by molar-refractivity contribution is 5.87. The standard InChI is InChI=1S/C19H21NO6/c1-9-15(25-11(3)17(21)20-10(2)18(22)23)8-7-13-12-5-4-6-14(12)19(24)26-16(9)13/h7-8,10-11H,4-6H2,1-3H3,(H,20,21)(H,22,23)/p-1/t10-,11-/m0/s1. The molecule has 0 bridgehead atoms. The number of rotatable bonds is 5. The van der Waals surface area contributed by atoms with E-state index in [2.05, 4.69) is 5.32 Å². The number of amides is 1. The summed E-state index contributed by atoms with van der Waals surface area (Å²) < 4.78 is 11.2. The molecule has 1 aliphatic carbocycles. The maximum absolute atomic E-state index is 12.2. The summed E-state index contributed by atoms with van der Waals surface area (Å²) in [7, 11) is 0. The van der Waals surface area contributed by atoms with E-state index in [0.717, 1.165) is 35.8 Å². The highest BCUT2D eigenvalue weighted by Gasteiger charge is 2.23. The smallest absolute Gasteiger partial charge is 0.339 e. The van der Waals surface area contributed by atoms with Crippen LogP contribution in [0.5, 0.6) is 5.75 Å². The van der Waals surface area contributed by atoms with Gasteiger partial charge in [0.25, 0.3) is 5.91 Å². The Labute approximate surface area is 150 Å². The number of fused-ring (bicyclic) bond motifs is 3. The van der Waals surface area contributed by atoms with Gasteiger partial charge < -0.3 is 24.4 Å². The molecule has 0 spiro atoms. The molecule has 1 aliphatic rings. The Bertz CT molecular complexity index is 945. The molecule has 1 aromatic carbocycles. The van der Waals surface area contributed by atoms with Crippen LogP contribution in [0.1, 0.15) is 37.0 Å². The number of hydrogen-bond donors (Lipinski definition) is 1. The van der Waals surface area contributed by atoms with E-state index in [9.17, 15) is 19.5 Å². The van der Waals surface area contributed by atoms with Crippen molar-refractivity contribution in [2.24, 2.45) is 0 Å². The minimum atomic E-state index is -1.37. The highest BCUT2D eigenvalue weighted by Crippen LogP contribution is 2.33. The molecule has 2 atom stereocenters. The summed E-state index contributed by atoms with van der Waals surface area (Å²) in [5, 5.41) is 13.9. The van der Waals surface area contributed by atoms with E-state index in [1.165, 1.54) is 13.8 Å². The van der Waals surface area contributed by atoms with Crippen molar-refractivity contribution in [3.05, 3.63) is 39.2 Å². The molecule has 0 saturated carbocycles. The van der Waals surface area contributed by atoms with Gasteiger partial charge in [0.1, 0.15) is 11.3 Å². The molecular weight excluding hydrogens is 338 g/mol. The van der Waals surface area contributed by atoms with Gasteiger partial charge in [-0.15, -0.1) is 0 Å². The molecule has 0 saturated heterocycles. The SMILES string of the molecule is Cc1c(O[C@@H](C)C(=O)N[C@@H](C)C(=O)[O-])ccc2c3c(c(=O)oc12)CCC3. The third-order valence-electron chi connectivity index (χ3n) is 4.73. The maximum atomic E-state index is 12.2. The number of nitrogens with one attached hydrogen (secondary N) is 1. The van der Waals surface area contributed by atoms with Crippen molar-refractivity contribution < 1.29 is 23.8 Å². The maximum Gasteiger partial charge on any atom is 0.339 e. The van der Waals surface area contributed by atoms with Crippen molar-refractivity contribution in [1.29, 1.82) is 0 Å². The summed E-state index contributed by atoms with van der Waals surface area (Å²) in [5.41, 5.74) is 2.54. The fourth-order valence-corrected chi connectivity index (χ4v) is 3.22. The minimum Gasteiger partial charge on any atom is -0.548 e. The number of aliphatic carboxylic acids is 1. The van der Waals surface area contributed by atoms with Gasteiger partial charge in [-0.25, -0.2) is 4.79 Å². The quantitative estimate of drug-likeness (QED) is 0.785. The molecule has 1 heterocycles. The lowest BCUT2D eigenvalue weighted by atomic mass is 10.0. The van der Waals surface area contributed by atoms with Crippen LogP contribution in [0.2, 0.25) is 0 Å². The molecule has 7 nitrogen and oxygen atoms in total. The Balaban J connectivity index is 1.89. The largest absolute Gasteiger partial charge is 0.548 e. The van der Waals surface area contributed by atoms with Crippen molar-refractivity contribution in [2.75, 3.05) is 0 Å². The van der Waals surface area contributed by atoms with Crippen LogP contribution in [-0.2, 0) is 22.4 Å². The number of carboxylic acids is 1. The van der Waals surface area contributed by atoms with E-state index < -0.39 is 24.0 Å². The number of hydrogen-bond acceptors (Lipinski definition) is 6. The fourth-order valence-electron chi connectivity index (χ4n) is 3.22. The van der Waals surface area contributed by atoms with Gasteiger partial charge in [0, 0.05) is 16.5 Å². The second kappa shape index (κ2) is 6.82. The van der Waals surface area contributed by atoms with Crippen LogP contribution in [0.4, 0.5) is 0 Å². The minimum absolute atomic E-state index is 0.321. The lowest BCUT2D eigenvalue weighted by Gasteiger charge is -2.20. The molecule has 1 amide bonds. The number of ether oxygens (including phenoxy) is 1. The molecule has 1 aromatic heterocycles. The lowest BCUT2D eigenvalue weighted by Crippen LogP contribution is -2.49. The van der Waals surface area contributed by atoms with Crippen molar-refractivity contribution >= 4 is 22.8 Å². The average molecular weight is 358 g/mol. The van der Waals surface area contributed by atoms with Crippen LogP contribution in [0, 0.1) is 6.92 Å². The number of carboxylic acid groups (broad SMARTS) is 1. The summed E-state index contributed by atoms with van der Waals surface area (Å²) in [5.74, 6) is -1.54. The number of carbonyl (C=O) groups excluding carboxylic acids is 2. The van der Waals surface area contributed by atoms with Crippen LogP contribution in [0.25, 0.3) is 11.0 Å². The summed E-state index contributed by atoms with van der Waals surface area (Å²) in [6, 6.07) is 2.45. The molecule has 2 aromatic rings. The lowest BCUT2D eigenvalue weighted by molar-refractivity contribution is -0.307. The molecule has 0 unspecified atom stereocenters.